The normalized spacial score (nSPS) is 11.6. The van der Waals surface area contributed by atoms with Gasteiger partial charge in [-0.2, -0.15) is 0 Å². The fourth-order valence-electron chi connectivity index (χ4n) is 2.27. The summed E-state index contributed by atoms with van der Waals surface area (Å²) in [5.41, 5.74) is 1.38. The zero-order chi connectivity index (χ0) is 18.5. The van der Waals surface area contributed by atoms with E-state index in [4.69, 9.17) is 17.3 Å². The number of nitrogens with one attached hydrogen (secondary N) is 2. The summed E-state index contributed by atoms with van der Waals surface area (Å²) in [5.74, 6) is -1.19. The number of carboxylic acids is 1. The molecule has 1 rings (SSSR count). The lowest BCUT2D eigenvalue weighted by atomic mass is 10.1. The lowest BCUT2D eigenvalue weighted by Gasteiger charge is -2.13. The molecule has 0 unspecified atom stereocenters. The third-order valence-electron chi connectivity index (χ3n) is 3.56. The summed E-state index contributed by atoms with van der Waals surface area (Å²) < 4.78 is 0.570. The minimum atomic E-state index is -1.05. The molecule has 0 spiro atoms. The molecule has 1 amide bonds. The molecule has 138 valence electrons. The first-order chi connectivity index (χ1) is 12.0. The minimum Gasteiger partial charge on any atom is -0.480 e. The van der Waals surface area contributed by atoms with Gasteiger partial charge in [0.15, 0.2) is 0 Å². The van der Waals surface area contributed by atoms with Crippen LogP contribution in [0.2, 0.25) is 0 Å². The van der Waals surface area contributed by atoms with E-state index in [1.807, 2.05) is 6.07 Å². The van der Waals surface area contributed by atoms with Crippen LogP contribution in [-0.4, -0.2) is 39.6 Å². The Labute approximate surface area is 159 Å². The van der Waals surface area contributed by atoms with E-state index in [9.17, 15) is 9.59 Å². The Kier molecular flexibility index (Phi) is 10.9. The smallest absolute Gasteiger partial charge is 0.327 e. The number of amides is 1. The second kappa shape index (κ2) is 12.7. The molecule has 0 aromatic heterocycles. The van der Waals surface area contributed by atoms with Gasteiger partial charge in [0, 0.05) is 19.2 Å². The van der Waals surface area contributed by atoms with Crippen LogP contribution in [0.4, 0.5) is 0 Å². The Morgan fingerprint density at radius 1 is 1.16 bits per heavy atom. The summed E-state index contributed by atoms with van der Waals surface area (Å²) in [6.07, 6.45) is 5.64. The maximum atomic E-state index is 11.0. The number of hydrogen-bond donors (Lipinski definition) is 3. The van der Waals surface area contributed by atoms with Crippen molar-refractivity contribution in [1.29, 1.82) is 0 Å². The van der Waals surface area contributed by atoms with Crippen LogP contribution in [0.15, 0.2) is 30.3 Å². The van der Waals surface area contributed by atoms with Crippen molar-refractivity contribution in [2.75, 3.05) is 12.3 Å². The van der Waals surface area contributed by atoms with Gasteiger partial charge in [-0.1, -0.05) is 67.2 Å². The Morgan fingerprint density at radius 3 is 2.48 bits per heavy atom. The van der Waals surface area contributed by atoms with Crippen LogP contribution in [0.25, 0.3) is 0 Å². The Hall–Kier alpha value is -1.60. The number of thioether (sulfide) groups is 1. The van der Waals surface area contributed by atoms with Crippen LogP contribution < -0.4 is 10.6 Å². The van der Waals surface area contributed by atoms with Crippen molar-refractivity contribution in [3.05, 3.63) is 35.9 Å². The molecule has 1 atom stereocenters. The number of benzene rings is 1. The van der Waals surface area contributed by atoms with E-state index in [1.54, 1.807) is 0 Å². The van der Waals surface area contributed by atoms with E-state index in [0.29, 0.717) is 4.32 Å². The first kappa shape index (κ1) is 21.4. The van der Waals surface area contributed by atoms with Gasteiger partial charge >= 0.3 is 5.97 Å². The lowest BCUT2D eigenvalue weighted by molar-refractivity contribution is -0.140. The third-order valence-corrected chi connectivity index (χ3v) is 4.97. The van der Waals surface area contributed by atoms with Crippen LogP contribution in [0, 0.1) is 0 Å². The standard InChI is InChI=1S/C18H26N2O3S2/c1-14(21)20-16(17(22)23)13-25-18(24)19-12-8-3-2-5-9-15-10-6-4-7-11-15/h4,6-7,10-11,16H,2-3,5,8-9,12-13H2,1H3,(H,19,24)(H,20,21)(H,22,23)/t16-/m0/s1. The summed E-state index contributed by atoms with van der Waals surface area (Å²) in [6.45, 7) is 2.09. The molecule has 1 aromatic carbocycles. The van der Waals surface area contributed by atoms with Crippen molar-refractivity contribution < 1.29 is 14.7 Å². The quantitative estimate of drug-likeness (QED) is 0.403. The first-order valence-corrected chi connectivity index (χ1v) is 9.83. The van der Waals surface area contributed by atoms with Gasteiger partial charge in [-0.25, -0.2) is 4.79 Å². The second-order valence-corrected chi connectivity index (χ2v) is 7.46. The van der Waals surface area contributed by atoms with Gasteiger partial charge in [0.2, 0.25) is 5.91 Å². The number of carboxylic acid groups (broad SMARTS) is 1. The zero-order valence-electron chi connectivity index (χ0n) is 14.5. The Balaban J connectivity index is 2.04. The summed E-state index contributed by atoms with van der Waals surface area (Å²) in [6, 6.07) is 9.56. The predicted octanol–water partition coefficient (Wildman–Crippen LogP) is 2.99. The van der Waals surface area contributed by atoms with E-state index < -0.39 is 12.0 Å². The van der Waals surface area contributed by atoms with Crippen molar-refractivity contribution in [1.82, 2.24) is 10.6 Å². The summed E-state index contributed by atoms with van der Waals surface area (Å²) in [5, 5.41) is 14.5. The monoisotopic (exact) mass is 382 g/mol. The average molecular weight is 383 g/mol. The highest BCUT2D eigenvalue weighted by molar-refractivity contribution is 8.23. The van der Waals surface area contributed by atoms with Crippen LogP contribution in [0.1, 0.15) is 38.2 Å². The topological polar surface area (TPSA) is 78.4 Å². The predicted molar refractivity (Wildman–Crippen MR) is 107 cm³/mol. The summed E-state index contributed by atoms with van der Waals surface area (Å²) >= 11 is 6.43. The highest BCUT2D eigenvalue weighted by atomic mass is 32.2. The minimum absolute atomic E-state index is 0.220. The molecule has 25 heavy (non-hydrogen) atoms. The van der Waals surface area contributed by atoms with Crippen molar-refractivity contribution >= 4 is 40.2 Å². The van der Waals surface area contributed by atoms with Gasteiger partial charge in [-0.15, -0.1) is 0 Å². The lowest BCUT2D eigenvalue weighted by Crippen LogP contribution is -2.42. The van der Waals surface area contributed by atoms with Gasteiger partial charge in [-0.3, -0.25) is 4.79 Å². The van der Waals surface area contributed by atoms with E-state index in [2.05, 4.69) is 34.9 Å². The van der Waals surface area contributed by atoms with Gasteiger partial charge in [0.1, 0.15) is 10.4 Å². The highest BCUT2D eigenvalue weighted by Gasteiger charge is 2.18. The van der Waals surface area contributed by atoms with Gasteiger partial charge in [0.25, 0.3) is 0 Å². The maximum absolute atomic E-state index is 11.0. The third kappa shape index (κ3) is 10.8. The van der Waals surface area contributed by atoms with E-state index in [-0.39, 0.29) is 11.7 Å². The van der Waals surface area contributed by atoms with E-state index in [1.165, 1.54) is 37.1 Å². The molecule has 0 bridgehead atoms. The first-order valence-electron chi connectivity index (χ1n) is 8.43. The molecule has 3 N–H and O–H groups in total. The van der Waals surface area contributed by atoms with Crippen molar-refractivity contribution in [3.63, 3.8) is 0 Å². The number of rotatable bonds is 11. The van der Waals surface area contributed by atoms with E-state index in [0.717, 1.165) is 25.8 Å². The van der Waals surface area contributed by atoms with Crippen LogP contribution in [0.3, 0.4) is 0 Å². The molecule has 5 nitrogen and oxygen atoms in total. The average Bonchev–Trinajstić information content (AvgIpc) is 2.58. The number of aliphatic carboxylic acids is 1. The molecule has 0 fully saturated rings. The number of hydrogen-bond acceptors (Lipinski definition) is 4. The van der Waals surface area contributed by atoms with Gasteiger partial charge in [0.05, 0.1) is 0 Å². The molecule has 1 aromatic rings. The Bertz CT molecular complexity index is 553. The molecule has 7 heteroatoms. The number of thiocarbonyl (C=S) groups is 1. The molecule has 0 saturated carbocycles. The number of unbranched alkanes of at least 4 members (excludes halogenated alkanes) is 3. The van der Waals surface area contributed by atoms with Crippen molar-refractivity contribution in [3.8, 4) is 0 Å². The molecular formula is C18H26N2O3S2. The molecule has 0 aliphatic carbocycles. The van der Waals surface area contributed by atoms with Crippen LogP contribution in [0.5, 0.6) is 0 Å². The molecule has 0 aliphatic rings. The van der Waals surface area contributed by atoms with Crippen LogP contribution >= 0.6 is 24.0 Å². The number of carbonyl (C=O) groups is 2. The SMILES string of the molecule is CC(=O)N[C@@H](CSC(=S)NCCCCCCc1ccccc1)C(=O)O. The Morgan fingerprint density at radius 2 is 1.84 bits per heavy atom. The molecule has 0 saturated heterocycles. The zero-order valence-corrected chi connectivity index (χ0v) is 16.1. The maximum Gasteiger partial charge on any atom is 0.327 e. The fraction of sp³-hybridized carbons (Fsp3) is 0.500. The van der Waals surface area contributed by atoms with E-state index >= 15 is 0 Å². The summed E-state index contributed by atoms with van der Waals surface area (Å²) in [7, 11) is 0. The van der Waals surface area contributed by atoms with Crippen molar-refractivity contribution in [2.24, 2.45) is 0 Å². The highest BCUT2D eigenvalue weighted by Crippen LogP contribution is 2.08. The molecule has 0 heterocycles. The summed E-state index contributed by atoms with van der Waals surface area (Å²) in [4.78, 5) is 22.0. The molecule has 0 aliphatic heterocycles. The molecular weight excluding hydrogens is 356 g/mol. The van der Waals surface area contributed by atoms with Gasteiger partial charge in [-0.05, 0) is 24.8 Å². The number of aryl methyl sites for hydroxylation is 1. The van der Waals surface area contributed by atoms with Gasteiger partial charge < -0.3 is 15.7 Å². The largest absolute Gasteiger partial charge is 0.480 e. The van der Waals surface area contributed by atoms with Crippen LogP contribution in [-0.2, 0) is 16.0 Å². The fourth-order valence-corrected chi connectivity index (χ4v) is 3.33. The number of carbonyl (C=O) groups excluding carboxylic acids is 1. The second-order valence-electron chi connectivity index (χ2n) is 5.77. The van der Waals surface area contributed by atoms with Crippen molar-refractivity contribution in [2.45, 2.75) is 45.1 Å². The molecule has 0 radical (unpaired) electrons.